The van der Waals surface area contributed by atoms with Gasteiger partial charge in [-0.2, -0.15) is 0 Å². The first-order valence-corrected chi connectivity index (χ1v) is 17.7. The van der Waals surface area contributed by atoms with Crippen LogP contribution in [0, 0.1) is 5.41 Å². The molecule has 51 heavy (non-hydrogen) atoms. The fraction of sp³-hybridized carbons (Fsp3) is 0.0816. The van der Waals surface area contributed by atoms with Crippen molar-refractivity contribution in [3.8, 4) is 22.3 Å². The molecule has 2 nitrogen and oxygen atoms in total. The second kappa shape index (κ2) is 12.3. The Kier molecular flexibility index (Phi) is 7.40. The number of nitrogens with one attached hydrogen (secondary N) is 2. The van der Waals surface area contributed by atoms with E-state index >= 15 is 0 Å². The molecule has 1 aliphatic carbocycles. The van der Waals surface area contributed by atoms with Gasteiger partial charge in [0.05, 0.1) is 6.04 Å². The monoisotopic (exact) mass is 654 g/mol. The Bertz CT molecular complexity index is 2650. The standard InChI is InChI=1S/C49H38N2/c1-49(2)44-18-10-17-42(47(44)43-30-36-14-6-7-15-37(36)31-45(43)49)34-22-19-32(20-23-34)21-28-46(51-48(50)35-12-4-3-5-13-35)39-26-27-41-38(29-39)25-24-33-11-8-9-16-40(33)41/h3-31,46H,1-2H3,(H2,50,51)/b28-21+. The summed E-state index contributed by atoms with van der Waals surface area (Å²) in [6.07, 6.45) is 4.35. The van der Waals surface area contributed by atoms with Crippen molar-refractivity contribution in [2.45, 2.75) is 25.3 Å². The Labute approximate surface area is 299 Å². The van der Waals surface area contributed by atoms with Gasteiger partial charge in [0.25, 0.3) is 0 Å². The van der Waals surface area contributed by atoms with Crippen LogP contribution in [0.4, 0.5) is 0 Å². The fourth-order valence-corrected chi connectivity index (χ4v) is 8.01. The first-order chi connectivity index (χ1) is 24.9. The second-order valence-corrected chi connectivity index (χ2v) is 14.2. The zero-order valence-corrected chi connectivity index (χ0v) is 28.8. The number of hydrogen-bond acceptors (Lipinski definition) is 1. The molecule has 0 spiro atoms. The Morgan fingerprint density at radius 2 is 1.25 bits per heavy atom. The quantitative estimate of drug-likeness (QED) is 0.104. The second-order valence-electron chi connectivity index (χ2n) is 14.2. The first kappa shape index (κ1) is 30.8. The van der Waals surface area contributed by atoms with Gasteiger partial charge in [-0.3, -0.25) is 5.41 Å². The Balaban J connectivity index is 1.06. The van der Waals surface area contributed by atoms with Gasteiger partial charge in [0.2, 0.25) is 0 Å². The van der Waals surface area contributed by atoms with Crippen molar-refractivity contribution in [1.82, 2.24) is 5.32 Å². The Morgan fingerprint density at radius 3 is 2.06 bits per heavy atom. The van der Waals surface area contributed by atoms with Crippen LogP contribution in [0.25, 0.3) is 60.6 Å². The summed E-state index contributed by atoms with van der Waals surface area (Å²) in [5.41, 5.74) is 11.0. The maximum atomic E-state index is 8.93. The molecule has 0 radical (unpaired) electrons. The molecule has 0 bridgehead atoms. The highest BCUT2D eigenvalue weighted by molar-refractivity contribution is 6.07. The number of rotatable bonds is 6. The van der Waals surface area contributed by atoms with E-state index in [2.05, 4.69) is 165 Å². The zero-order chi connectivity index (χ0) is 34.5. The molecule has 1 aliphatic rings. The molecule has 0 fully saturated rings. The third-order valence-electron chi connectivity index (χ3n) is 10.8. The van der Waals surface area contributed by atoms with Crippen molar-refractivity contribution in [2.75, 3.05) is 0 Å². The van der Waals surface area contributed by atoms with Crippen LogP contribution in [0.3, 0.4) is 0 Å². The maximum Gasteiger partial charge on any atom is 0.126 e. The van der Waals surface area contributed by atoms with Gasteiger partial charge < -0.3 is 5.32 Å². The van der Waals surface area contributed by atoms with Gasteiger partial charge in [0.1, 0.15) is 5.84 Å². The highest BCUT2D eigenvalue weighted by atomic mass is 15.0. The first-order valence-electron chi connectivity index (χ1n) is 17.7. The van der Waals surface area contributed by atoms with E-state index in [0.29, 0.717) is 5.84 Å². The van der Waals surface area contributed by atoms with E-state index in [4.69, 9.17) is 5.41 Å². The van der Waals surface area contributed by atoms with Crippen LogP contribution in [0.5, 0.6) is 0 Å². The molecule has 0 saturated heterocycles. The van der Waals surface area contributed by atoms with Crippen LogP contribution >= 0.6 is 0 Å². The van der Waals surface area contributed by atoms with Crippen LogP contribution in [0.1, 0.15) is 47.7 Å². The number of fused-ring (bicyclic) bond motifs is 7. The van der Waals surface area contributed by atoms with Crippen LogP contribution in [0.2, 0.25) is 0 Å². The SMILES string of the molecule is CC1(C)c2cc3ccccc3cc2-c2c(-c3ccc(/C=C/C(NC(=N)c4ccccc4)c4ccc5c(ccc6ccccc65)c4)cc3)cccc21. The summed E-state index contributed by atoms with van der Waals surface area (Å²) in [5.74, 6) is 0.396. The van der Waals surface area contributed by atoms with Gasteiger partial charge in [-0.1, -0.05) is 172 Å². The fourth-order valence-electron chi connectivity index (χ4n) is 8.01. The maximum absolute atomic E-state index is 8.93. The third kappa shape index (κ3) is 5.41. The van der Waals surface area contributed by atoms with E-state index < -0.39 is 0 Å². The van der Waals surface area contributed by atoms with Crippen LogP contribution < -0.4 is 5.32 Å². The molecule has 0 heterocycles. The van der Waals surface area contributed by atoms with Gasteiger partial charge in [0, 0.05) is 11.0 Å². The van der Waals surface area contributed by atoms with E-state index in [0.717, 1.165) is 16.7 Å². The minimum absolute atomic E-state index is 0.0707. The van der Waals surface area contributed by atoms with Gasteiger partial charge in [-0.25, -0.2) is 0 Å². The molecule has 0 amide bonds. The number of amidine groups is 1. The summed E-state index contributed by atoms with van der Waals surface area (Å²) in [5, 5.41) is 19.9. The zero-order valence-electron chi connectivity index (χ0n) is 28.8. The predicted molar refractivity (Wildman–Crippen MR) is 217 cm³/mol. The average molecular weight is 655 g/mol. The van der Waals surface area contributed by atoms with Crippen LogP contribution in [0.15, 0.2) is 170 Å². The van der Waals surface area contributed by atoms with Crippen molar-refractivity contribution in [3.63, 3.8) is 0 Å². The molecule has 8 aromatic rings. The topological polar surface area (TPSA) is 35.9 Å². The summed E-state index contributed by atoms with van der Waals surface area (Å²) < 4.78 is 0. The molecule has 1 unspecified atom stereocenters. The summed E-state index contributed by atoms with van der Waals surface area (Å²) in [6.45, 7) is 4.70. The van der Waals surface area contributed by atoms with Gasteiger partial charge in [0.15, 0.2) is 0 Å². The van der Waals surface area contributed by atoms with Crippen molar-refractivity contribution >= 4 is 44.2 Å². The number of benzene rings is 8. The van der Waals surface area contributed by atoms with E-state index in [1.165, 1.54) is 65.7 Å². The summed E-state index contributed by atoms with van der Waals surface area (Å²) in [4.78, 5) is 0. The smallest absolute Gasteiger partial charge is 0.126 e. The van der Waals surface area contributed by atoms with Crippen molar-refractivity contribution < 1.29 is 0 Å². The van der Waals surface area contributed by atoms with Crippen molar-refractivity contribution in [1.29, 1.82) is 5.41 Å². The summed E-state index contributed by atoms with van der Waals surface area (Å²) in [6, 6.07) is 58.4. The number of hydrogen-bond donors (Lipinski definition) is 2. The van der Waals surface area contributed by atoms with E-state index in [-0.39, 0.29) is 11.5 Å². The molecule has 2 N–H and O–H groups in total. The molecule has 0 aromatic heterocycles. The Morgan fingerprint density at radius 1 is 0.569 bits per heavy atom. The molecule has 0 aliphatic heterocycles. The van der Waals surface area contributed by atoms with Crippen molar-refractivity contribution in [2.24, 2.45) is 0 Å². The van der Waals surface area contributed by atoms with E-state index in [9.17, 15) is 0 Å². The lowest BCUT2D eigenvalue weighted by Gasteiger charge is -2.22. The largest absolute Gasteiger partial charge is 0.360 e. The molecule has 2 heteroatoms. The van der Waals surface area contributed by atoms with Crippen LogP contribution in [-0.4, -0.2) is 5.84 Å². The van der Waals surface area contributed by atoms with Gasteiger partial charge in [-0.15, -0.1) is 0 Å². The van der Waals surface area contributed by atoms with E-state index in [1.54, 1.807) is 0 Å². The molecule has 8 aromatic carbocycles. The highest BCUT2D eigenvalue weighted by Crippen LogP contribution is 2.53. The van der Waals surface area contributed by atoms with Gasteiger partial charge in [-0.05, 0) is 95.0 Å². The van der Waals surface area contributed by atoms with E-state index in [1.807, 2.05) is 30.3 Å². The van der Waals surface area contributed by atoms with Gasteiger partial charge >= 0.3 is 0 Å². The highest BCUT2D eigenvalue weighted by Gasteiger charge is 2.37. The lowest BCUT2D eigenvalue weighted by atomic mass is 9.81. The molecule has 1 atom stereocenters. The summed E-state index contributed by atoms with van der Waals surface area (Å²) in [7, 11) is 0. The minimum Gasteiger partial charge on any atom is -0.360 e. The predicted octanol–water partition coefficient (Wildman–Crippen LogP) is 12.5. The van der Waals surface area contributed by atoms with Crippen molar-refractivity contribution in [3.05, 3.63) is 198 Å². The third-order valence-corrected chi connectivity index (χ3v) is 10.8. The Hall–Kier alpha value is -6.25. The molecular weight excluding hydrogens is 617 g/mol. The molecule has 9 rings (SSSR count). The molecule has 0 saturated carbocycles. The lowest BCUT2D eigenvalue weighted by molar-refractivity contribution is 0.661. The normalized spacial score (nSPS) is 13.8. The van der Waals surface area contributed by atoms with Crippen LogP contribution in [-0.2, 0) is 5.41 Å². The average Bonchev–Trinajstić information content (AvgIpc) is 3.40. The molecular formula is C49H38N2. The minimum atomic E-state index is -0.195. The molecule has 244 valence electrons. The lowest BCUT2D eigenvalue weighted by Crippen LogP contribution is -2.27. The summed E-state index contributed by atoms with van der Waals surface area (Å²) >= 11 is 0.